The maximum atomic E-state index is 12.2. The van der Waals surface area contributed by atoms with Gasteiger partial charge in [0, 0.05) is 4.75 Å². The predicted molar refractivity (Wildman–Crippen MR) is 78.8 cm³/mol. The van der Waals surface area contributed by atoms with Crippen molar-refractivity contribution in [1.82, 2.24) is 0 Å². The van der Waals surface area contributed by atoms with E-state index < -0.39 is 0 Å². The highest BCUT2D eigenvalue weighted by atomic mass is 32.2. The number of carbonyl (C=O) groups is 1. The van der Waals surface area contributed by atoms with E-state index in [4.69, 9.17) is 4.74 Å². The van der Waals surface area contributed by atoms with Crippen molar-refractivity contribution in [2.45, 2.75) is 38.9 Å². The van der Waals surface area contributed by atoms with Gasteiger partial charge in [0.25, 0.3) is 0 Å². The van der Waals surface area contributed by atoms with Crippen molar-refractivity contribution in [3.8, 4) is 5.75 Å². The molecule has 0 bridgehead atoms. The van der Waals surface area contributed by atoms with Crippen LogP contribution in [0.25, 0.3) is 0 Å². The number of para-hydroxylation sites is 1. The van der Waals surface area contributed by atoms with Gasteiger partial charge in [-0.05, 0) is 18.6 Å². The Labute approximate surface area is 114 Å². The van der Waals surface area contributed by atoms with Crippen molar-refractivity contribution in [3.63, 3.8) is 0 Å². The molecule has 0 amide bonds. The number of benzene rings is 1. The Hall–Kier alpha value is -0.960. The average molecular weight is 266 g/mol. The SMILES string of the molecule is CCCOc1ccccc1C(=O)CSC(C)(C)C. The third-order valence-corrected chi connectivity index (χ3v) is 3.56. The van der Waals surface area contributed by atoms with Crippen LogP contribution in [0.5, 0.6) is 5.75 Å². The third-order valence-electron chi connectivity index (χ3n) is 2.29. The number of ketones is 1. The summed E-state index contributed by atoms with van der Waals surface area (Å²) in [6.45, 7) is 9.05. The van der Waals surface area contributed by atoms with E-state index in [9.17, 15) is 4.79 Å². The normalized spacial score (nSPS) is 11.3. The summed E-state index contributed by atoms with van der Waals surface area (Å²) < 4.78 is 5.72. The molecular weight excluding hydrogens is 244 g/mol. The van der Waals surface area contributed by atoms with Crippen LogP contribution >= 0.6 is 11.8 Å². The van der Waals surface area contributed by atoms with Crippen LogP contribution in [0.3, 0.4) is 0 Å². The first kappa shape index (κ1) is 15.1. The first-order chi connectivity index (χ1) is 8.44. The Morgan fingerprint density at radius 1 is 1.28 bits per heavy atom. The van der Waals surface area contributed by atoms with Crippen LogP contribution < -0.4 is 4.74 Å². The number of carbonyl (C=O) groups excluding carboxylic acids is 1. The molecule has 0 aliphatic carbocycles. The van der Waals surface area contributed by atoms with Gasteiger partial charge in [-0.1, -0.05) is 39.8 Å². The summed E-state index contributed by atoms with van der Waals surface area (Å²) in [7, 11) is 0. The predicted octanol–water partition coefficient (Wildman–Crippen LogP) is 4.19. The fourth-order valence-electron chi connectivity index (χ4n) is 1.39. The molecule has 0 saturated heterocycles. The minimum atomic E-state index is 0.106. The number of hydrogen-bond acceptors (Lipinski definition) is 3. The van der Waals surface area contributed by atoms with Gasteiger partial charge in [0.05, 0.1) is 17.9 Å². The van der Waals surface area contributed by atoms with E-state index in [0.717, 1.165) is 6.42 Å². The Kier molecular flexibility index (Phi) is 5.73. The lowest BCUT2D eigenvalue weighted by molar-refractivity contribution is 0.101. The molecule has 0 heterocycles. The van der Waals surface area contributed by atoms with Crippen LogP contribution in [0.2, 0.25) is 0 Å². The zero-order valence-corrected chi connectivity index (χ0v) is 12.5. The lowest BCUT2D eigenvalue weighted by atomic mass is 10.1. The second-order valence-electron chi connectivity index (χ2n) is 5.17. The third kappa shape index (κ3) is 5.13. The first-order valence-corrected chi connectivity index (χ1v) is 7.31. The van der Waals surface area contributed by atoms with Gasteiger partial charge in [0.15, 0.2) is 5.78 Å². The molecule has 1 aromatic rings. The molecule has 0 saturated carbocycles. The van der Waals surface area contributed by atoms with Crippen LogP contribution in [0.15, 0.2) is 24.3 Å². The number of thioether (sulfide) groups is 1. The number of ether oxygens (including phenoxy) is 1. The molecule has 0 aromatic heterocycles. The quantitative estimate of drug-likeness (QED) is 0.722. The minimum absolute atomic E-state index is 0.106. The second-order valence-corrected chi connectivity index (χ2v) is 6.97. The second kappa shape index (κ2) is 6.83. The number of Topliss-reactive ketones (excluding diaryl/α,β-unsaturated/α-hetero) is 1. The zero-order chi connectivity index (χ0) is 13.6. The fourth-order valence-corrected chi connectivity index (χ4v) is 2.11. The standard InChI is InChI=1S/C15H22O2S/c1-5-10-17-14-9-7-6-8-12(14)13(16)11-18-15(2,3)4/h6-9H,5,10-11H2,1-4H3. The molecule has 0 fully saturated rings. The molecule has 0 unspecified atom stereocenters. The van der Waals surface area contributed by atoms with Crippen LogP contribution in [0.4, 0.5) is 0 Å². The summed E-state index contributed by atoms with van der Waals surface area (Å²) in [5, 5.41) is 0. The lowest BCUT2D eigenvalue weighted by Crippen LogP contribution is -2.14. The molecule has 18 heavy (non-hydrogen) atoms. The van der Waals surface area contributed by atoms with Crippen LogP contribution in [-0.2, 0) is 0 Å². The average Bonchev–Trinajstić information content (AvgIpc) is 2.33. The van der Waals surface area contributed by atoms with Gasteiger partial charge in [-0.25, -0.2) is 0 Å². The van der Waals surface area contributed by atoms with Gasteiger partial charge < -0.3 is 4.74 Å². The monoisotopic (exact) mass is 266 g/mol. The highest BCUT2D eigenvalue weighted by molar-refractivity contribution is 8.01. The Morgan fingerprint density at radius 3 is 2.56 bits per heavy atom. The molecule has 0 atom stereocenters. The molecule has 3 heteroatoms. The largest absolute Gasteiger partial charge is 0.493 e. The Balaban J connectivity index is 2.72. The number of rotatable bonds is 6. The summed E-state index contributed by atoms with van der Waals surface area (Å²) in [5.74, 6) is 1.34. The zero-order valence-electron chi connectivity index (χ0n) is 11.7. The summed E-state index contributed by atoms with van der Waals surface area (Å²) in [6.07, 6.45) is 0.944. The van der Waals surface area contributed by atoms with Gasteiger partial charge in [-0.15, -0.1) is 11.8 Å². The van der Waals surface area contributed by atoms with E-state index in [-0.39, 0.29) is 10.5 Å². The molecule has 0 spiro atoms. The van der Waals surface area contributed by atoms with Gasteiger partial charge in [0.2, 0.25) is 0 Å². The van der Waals surface area contributed by atoms with Gasteiger partial charge in [-0.3, -0.25) is 4.79 Å². The van der Waals surface area contributed by atoms with Crippen molar-refractivity contribution in [2.75, 3.05) is 12.4 Å². The molecule has 1 aromatic carbocycles. The van der Waals surface area contributed by atoms with Crippen LogP contribution in [0.1, 0.15) is 44.5 Å². The van der Waals surface area contributed by atoms with E-state index >= 15 is 0 Å². The molecule has 2 nitrogen and oxygen atoms in total. The lowest BCUT2D eigenvalue weighted by Gasteiger charge is -2.17. The van der Waals surface area contributed by atoms with Crippen molar-refractivity contribution in [3.05, 3.63) is 29.8 Å². The topological polar surface area (TPSA) is 26.3 Å². The van der Waals surface area contributed by atoms with E-state index in [2.05, 4.69) is 27.7 Å². The van der Waals surface area contributed by atoms with Gasteiger partial charge in [-0.2, -0.15) is 0 Å². The summed E-state index contributed by atoms with van der Waals surface area (Å²) in [6, 6.07) is 7.49. The smallest absolute Gasteiger partial charge is 0.176 e. The fraction of sp³-hybridized carbons (Fsp3) is 0.533. The molecule has 0 aliphatic rings. The molecule has 1 rings (SSSR count). The highest BCUT2D eigenvalue weighted by Crippen LogP contribution is 2.26. The maximum absolute atomic E-state index is 12.2. The molecule has 0 radical (unpaired) electrons. The number of hydrogen-bond donors (Lipinski definition) is 0. The molecular formula is C15H22O2S. The van der Waals surface area contributed by atoms with Crippen molar-refractivity contribution < 1.29 is 9.53 Å². The Bertz CT molecular complexity index is 394. The first-order valence-electron chi connectivity index (χ1n) is 6.33. The summed E-state index contributed by atoms with van der Waals surface area (Å²) >= 11 is 1.66. The van der Waals surface area contributed by atoms with E-state index in [0.29, 0.717) is 23.7 Å². The van der Waals surface area contributed by atoms with Crippen molar-refractivity contribution >= 4 is 17.5 Å². The summed E-state index contributed by atoms with van der Waals surface area (Å²) in [5.41, 5.74) is 0.697. The van der Waals surface area contributed by atoms with Gasteiger partial charge >= 0.3 is 0 Å². The van der Waals surface area contributed by atoms with E-state index in [1.165, 1.54) is 0 Å². The highest BCUT2D eigenvalue weighted by Gasteiger charge is 2.17. The van der Waals surface area contributed by atoms with E-state index in [1.54, 1.807) is 11.8 Å². The van der Waals surface area contributed by atoms with Crippen LogP contribution in [0, 0.1) is 0 Å². The van der Waals surface area contributed by atoms with Gasteiger partial charge in [0.1, 0.15) is 5.75 Å². The Morgan fingerprint density at radius 2 is 1.94 bits per heavy atom. The summed E-state index contributed by atoms with van der Waals surface area (Å²) in [4.78, 5) is 12.2. The minimum Gasteiger partial charge on any atom is -0.493 e. The van der Waals surface area contributed by atoms with Crippen molar-refractivity contribution in [1.29, 1.82) is 0 Å². The van der Waals surface area contributed by atoms with Crippen molar-refractivity contribution in [2.24, 2.45) is 0 Å². The van der Waals surface area contributed by atoms with Crippen LogP contribution in [-0.4, -0.2) is 22.9 Å². The molecule has 0 aliphatic heterocycles. The molecule has 100 valence electrons. The van der Waals surface area contributed by atoms with E-state index in [1.807, 2.05) is 24.3 Å². The maximum Gasteiger partial charge on any atom is 0.176 e. The molecule has 0 N–H and O–H groups in total.